The fourth-order valence-electron chi connectivity index (χ4n) is 3.64. The standard InChI is InChI=1S/C26H38N5O9PS2/c1-24(2,3)22(34)42-11-9-37-41(36,38-10-12-43-23(35)25(4,5)6)39-13-17-19(32)20(33)26(14-27,40-17)18-8-7-16-21(28)29-15-30-31(16)18/h7-8,15,17,19-20,32-33H,9-13H2,1-6H3,(H2,28,29,30)/t17-,19-,20-,26+/m1/s1/i13D2. The summed E-state index contributed by atoms with van der Waals surface area (Å²) in [7, 11) is -4.82. The molecule has 4 N–H and O–H groups in total. The maximum Gasteiger partial charge on any atom is 0.474 e. The first-order valence-corrected chi connectivity index (χ1v) is 16.6. The van der Waals surface area contributed by atoms with E-state index in [-0.39, 0.29) is 52.0 Å². The summed E-state index contributed by atoms with van der Waals surface area (Å²) in [5.74, 6) is 0.101. The van der Waals surface area contributed by atoms with E-state index in [0.29, 0.717) is 0 Å². The Morgan fingerprint density at radius 1 is 1.14 bits per heavy atom. The van der Waals surface area contributed by atoms with Gasteiger partial charge in [0.2, 0.25) is 5.60 Å². The van der Waals surface area contributed by atoms with Gasteiger partial charge in [-0.25, -0.2) is 14.1 Å². The zero-order valence-electron chi connectivity index (χ0n) is 26.7. The highest BCUT2D eigenvalue weighted by Crippen LogP contribution is 2.51. The second-order valence-electron chi connectivity index (χ2n) is 11.6. The number of aliphatic hydroxyl groups is 2. The van der Waals surface area contributed by atoms with Crippen LogP contribution in [0.3, 0.4) is 0 Å². The van der Waals surface area contributed by atoms with E-state index >= 15 is 0 Å². The second-order valence-corrected chi connectivity index (χ2v) is 15.3. The molecule has 0 bridgehead atoms. The van der Waals surface area contributed by atoms with Gasteiger partial charge in [-0.3, -0.25) is 23.2 Å². The van der Waals surface area contributed by atoms with Gasteiger partial charge in [0.05, 0.1) is 28.2 Å². The van der Waals surface area contributed by atoms with Crippen molar-refractivity contribution in [2.24, 2.45) is 10.8 Å². The molecule has 17 heteroatoms. The number of aliphatic hydroxyl groups excluding tert-OH is 2. The summed E-state index contributed by atoms with van der Waals surface area (Å²) < 4.78 is 53.7. The van der Waals surface area contributed by atoms with E-state index in [4.69, 9.17) is 26.8 Å². The Kier molecular flexibility index (Phi) is 10.5. The molecule has 0 unspecified atom stereocenters. The third kappa shape index (κ3) is 8.36. The fourth-order valence-corrected chi connectivity index (χ4v) is 6.50. The number of hydrogen-bond acceptors (Lipinski definition) is 15. The number of nitriles is 1. The van der Waals surface area contributed by atoms with Crippen molar-refractivity contribution < 1.29 is 45.4 Å². The van der Waals surface area contributed by atoms with E-state index in [1.165, 1.54) is 12.1 Å². The van der Waals surface area contributed by atoms with Gasteiger partial charge in [-0.2, -0.15) is 10.4 Å². The van der Waals surface area contributed by atoms with Gasteiger partial charge in [0.15, 0.2) is 16.0 Å². The highest BCUT2D eigenvalue weighted by molar-refractivity contribution is 8.14. The van der Waals surface area contributed by atoms with Crippen LogP contribution in [0.25, 0.3) is 5.52 Å². The molecule has 1 saturated heterocycles. The van der Waals surface area contributed by atoms with Gasteiger partial charge in [-0.1, -0.05) is 65.1 Å². The number of rotatable bonds is 12. The Bertz CT molecular complexity index is 1460. The normalized spacial score (nSPS) is 24.0. The van der Waals surface area contributed by atoms with Crippen LogP contribution in [0.4, 0.5) is 5.82 Å². The summed E-state index contributed by atoms with van der Waals surface area (Å²) in [6, 6.07) is 4.59. The lowest BCUT2D eigenvalue weighted by Gasteiger charge is -2.24. The molecular weight excluding hydrogens is 621 g/mol. The first-order valence-electron chi connectivity index (χ1n) is 14.2. The molecular formula is C26H38N5O9PS2. The number of carbonyl (C=O) groups excluding carboxylic acids is 2. The van der Waals surface area contributed by atoms with Crippen molar-refractivity contribution in [2.45, 2.75) is 65.5 Å². The minimum atomic E-state index is -4.82. The number of hydrogen-bond donors (Lipinski definition) is 3. The van der Waals surface area contributed by atoms with E-state index in [2.05, 4.69) is 10.1 Å². The van der Waals surface area contributed by atoms with Crippen molar-refractivity contribution in [3.8, 4) is 6.07 Å². The SMILES string of the molecule is [2H]C([2H])(OP(=O)(OCCSC(=O)C(C)(C)C)OCCSC(=O)C(C)(C)C)[C@H]1O[C@@](C#N)(c2ccc3c(N)ncnn23)[C@H](O)[C@@H]1O. The van der Waals surface area contributed by atoms with Crippen LogP contribution in [0.15, 0.2) is 18.5 Å². The lowest BCUT2D eigenvalue weighted by atomic mass is 9.92. The third-order valence-corrected chi connectivity index (χ3v) is 9.85. The number of anilines is 1. The van der Waals surface area contributed by atoms with Gasteiger partial charge < -0.3 is 20.7 Å². The van der Waals surface area contributed by atoms with Crippen LogP contribution in [0.2, 0.25) is 0 Å². The zero-order chi connectivity index (χ0) is 34.0. The minimum Gasteiger partial charge on any atom is -0.387 e. The quantitative estimate of drug-likeness (QED) is 0.221. The first kappa shape index (κ1) is 32.3. The van der Waals surface area contributed by atoms with Crippen LogP contribution in [0.5, 0.6) is 0 Å². The molecule has 0 amide bonds. The van der Waals surface area contributed by atoms with E-state index in [1.807, 2.05) is 0 Å². The van der Waals surface area contributed by atoms with Crippen LogP contribution < -0.4 is 5.73 Å². The van der Waals surface area contributed by atoms with Gasteiger partial charge in [0.1, 0.15) is 36.2 Å². The minimum absolute atomic E-state index is 0.0260. The lowest BCUT2D eigenvalue weighted by molar-refractivity contribution is -0.118. The zero-order valence-corrected chi connectivity index (χ0v) is 27.2. The smallest absolute Gasteiger partial charge is 0.387 e. The average Bonchev–Trinajstić information content (AvgIpc) is 3.48. The fraction of sp³-hybridized carbons (Fsp3) is 0.654. The molecule has 1 aliphatic heterocycles. The maximum absolute atomic E-state index is 13.7. The van der Waals surface area contributed by atoms with Crippen LogP contribution in [0.1, 0.15) is 50.0 Å². The molecule has 238 valence electrons. The van der Waals surface area contributed by atoms with Crippen LogP contribution in [-0.2, 0) is 38.1 Å². The Hall–Kier alpha value is -2.06. The maximum atomic E-state index is 13.7. The summed E-state index contributed by atoms with van der Waals surface area (Å²) in [5.41, 5.74) is 2.37. The Labute approximate surface area is 261 Å². The van der Waals surface area contributed by atoms with E-state index < -0.39 is 49.1 Å². The van der Waals surface area contributed by atoms with Crippen molar-refractivity contribution >= 4 is 52.9 Å². The summed E-state index contributed by atoms with van der Waals surface area (Å²) in [5, 5.41) is 35.8. The number of thioether (sulfide) groups is 2. The topological polar surface area (TPSA) is 209 Å². The van der Waals surface area contributed by atoms with E-state index in [1.54, 1.807) is 47.6 Å². The average molecular weight is 662 g/mol. The van der Waals surface area contributed by atoms with Crippen LogP contribution in [0, 0.1) is 22.2 Å². The monoisotopic (exact) mass is 661 g/mol. The summed E-state index contributed by atoms with van der Waals surface area (Å²) >= 11 is 1.82. The summed E-state index contributed by atoms with van der Waals surface area (Å²) in [6.07, 6.45) is -5.09. The van der Waals surface area contributed by atoms with E-state index in [0.717, 1.165) is 34.4 Å². The number of phosphoric acid groups is 1. The Morgan fingerprint density at radius 3 is 2.21 bits per heavy atom. The number of aromatic nitrogens is 3. The molecule has 0 aliphatic carbocycles. The van der Waals surface area contributed by atoms with Gasteiger partial charge in [-0.05, 0) is 12.1 Å². The number of ether oxygens (including phenoxy) is 1. The van der Waals surface area contributed by atoms with Gasteiger partial charge in [-0.15, -0.1) is 0 Å². The van der Waals surface area contributed by atoms with Crippen LogP contribution >= 0.6 is 31.3 Å². The molecule has 2 aromatic rings. The molecule has 0 spiro atoms. The van der Waals surface area contributed by atoms with Crippen LogP contribution in [-0.4, -0.2) is 84.6 Å². The first-order chi connectivity index (χ1) is 20.7. The number of nitrogens with two attached hydrogens (primary N) is 1. The van der Waals surface area contributed by atoms with Crippen molar-refractivity contribution in [3.63, 3.8) is 0 Å². The van der Waals surface area contributed by atoms with Crippen molar-refractivity contribution in [1.29, 1.82) is 5.26 Å². The molecule has 1 aliphatic rings. The molecule has 0 aromatic carbocycles. The second kappa shape index (κ2) is 13.9. The Morgan fingerprint density at radius 2 is 1.70 bits per heavy atom. The van der Waals surface area contributed by atoms with Gasteiger partial charge >= 0.3 is 7.82 Å². The molecule has 0 saturated carbocycles. The molecule has 0 radical (unpaired) electrons. The third-order valence-electron chi connectivity index (χ3n) is 6.03. The molecule has 14 nitrogen and oxygen atoms in total. The molecule has 3 rings (SSSR count). The Balaban J connectivity index is 1.83. The van der Waals surface area contributed by atoms with Crippen molar-refractivity contribution in [1.82, 2.24) is 14.6 Å². The number of fused-ring (bicyclic) bond motifs is 1. The van der Waals surface area contributed by atoms with Gasteiger partial charge in [0, 0.05) is 22.3 Å². The number of nitrogens with zero attached hydrogens (tertiary/aromatic N) is 4. The summed E-state index contributed by atoms with van der Waals surface area (Å²) in [6.45, 7) is 6.48. The molecule has 43 heavy (non-hydrogen) atoms. The summed E-state index contributed by atoms with van der Waals surface area (Å²) in [4.78, 5) is 28.4. The van der Waals surface area contributed by atoms with E-state index in [9.17, 15) is 29.6 Å². The van der Waals surface area contributed by atoms with Gasteiger partial charge in [0.25, 0.3) is 0 Å². The molecule has 1 fully saturated rings. The van der Waals surface area contributed by atoms with Crippen molar-refractivity contribution in [3.05, 3.63) is 24.2 Å². The molecule has 2 aromatic heterocycles. The number of nitrogen functional groups attached to an aromatic ring is 1. The predicted octanol–water partition coefficient (Wildman–Crippen LogP) is 2.92. The largest absolute Gasteiger partial charge is 0.474 e. The highest BCUT2D eigenvalue weighted by Gasteiger charge is 2.58. The highest BCUT2D eigenvalue weighted by atomic mass is 32.2. The number of carbonyl (C=O) groups is 2. The number of phosphoric ester groups is 1. The molecule has 4 atom stereocenters. The predicted molar refractivity (Wildman–Crippen MR) is 161 cm³/mol. The lowest BCUT2D eigenvalue weighted by Crippen LogP contribution is -2.41. The van der Waals surface area contributed by atoms with Crippen molar-refractivity contribution in [2.75, 3.05) is 37.0 Å². The molecule has 3 heterocycles.